The molecular formula is C36H48Cl2N6O2. The highest BCUT2D eigenvalue weighted by atomic mass is 35.5. The van der Waals surface area contributed by atoms with Gasteiger partial charge in [0.05, 0.1) is 31.0 Å². The Balaban J connectivity index is 1.42. The van der Waals surface area contributed by atoms with Crippen LogP contribution in [0, 0.1) is 5.92 Å². The van der Waals surface area contributed by atoms with Crippen LogP contribution in [0.4, 0.5) is 0 Å². The second-order valence-electron chi connectivity index (χ2n) is 13.5. The molecule has 2 saturated heterocycles. The molecule has 0 bridgehead atoms. The van der Waals surface area contributed by atoms with Gasteiger partial charge in [-0.05, 0) is 95.7 Å². The Morgan fingerprint density at radius 3 is 2.09 bits per heavy atom. The lowest BCUT2D eigenvalue weighted by atomic mass is 9.70. The van der Waals surface area contributed by atoms with Gasteiger partial charge in [-0.15, -0.1) is 0 Å². The maximum Gasteiger partial charge on any atom is 0.202 e. The van der Waals surface area contributed by atoms with Gasteiger partial charge < -0.3 is 19.6 Å². The molecule has 4 aliphatic rings. The van der Waals surface area contributed by atoms with E-state index in [0.29, 0.717) is 35.1 Å². The lowest BCUT2D eigenvalue weighted by molar-refractivity contribution is -0.0184. The van der Waals surface area contributed by atoms with E-state index in [2.05, 4.69) is 59.7 Å². The second kappa shape index (κ2) is 13.6. The minimum atomic E-state index is -0.685. The summed E-state index contributed by atoms with van der Waals surface area (Å²) in [4.78, 5) is 23.1. The molecule has 10 heteroatoms. The molecule has 0 saturated carbocycles. The third-order valence-electron chi connectivity index (χ3n) is 10.9. The number of amidine groups is 2. The van der Waals surface area contributed by atoms with Crippen LogP contribution in [0.1, 0.15) is 71.4 Å². The number of aliphatic hydroxyl groups excluding tert-OH is 1. The van der Waals surface area contributed by atoms with E-state index in [4.69, 9.17) is 42.9 Å². The van der Waals surface area contributed by atoms with E-state index in [-0.39, 0.29) is 18.2 Å². The highest BCUT2D eigenvalue weighted by Crippen LogP contribution is 2.54. The maximum absolute atomic E-state index is 10.1. The Labute approximate surface area is 284 Å². The van der Waals surface area contributed by atoms with Gasteiger partial charge in [-0.3, -0.25) is 14.9 Å². The van der Waals surface area contributed by atoms with Crippen molar-refractivity contribution in [2.45, 2.75) is 89.7 Å². The van der Waals surface area contributed by atoms with E-state index in [0.717, 1.165) is 74.7 Å². The predicted octanol–water partition coefficient (Wildman–Crippen LogP) is 6.59. The maximum atomic E-state index is 10.1. The van der Waals surface area contributed by atoms with E-state index in [1.807, 2.05) is 38.1 Å². The number of ether oxygens (including phenoxy) is 1. The molecule has 2 aromatic rings. The molecule has 4 heterocycles. The second-order valence-corrected chi connectivity index (χ2v) is 14.4. The molecular weight excluding hydrogens is 619 g/mol. The lowest BCUT2D eigenvalue weighted by Crippen LogP contribution is -2.62. The zero-order valence-corrected chi connectivity index (χ0v) is 29.3. The van der Waals surface area contributed by atoms with Crippen LogP contribution in [0.3, 0.4) is 0 Å². The Kier molecular flexibility index (Phi) is 9.85. The van der Waals surface area contributed by atoms with Crippen LogP contribution >= 0.6 is 23.2 Å². The SMILES string of the molecule is CCOC1=NC(C)=NCC1C1=NC(C)(c2ccc(Cl)cc2)C(C)(c2ccc(Cl)cc2)N1C(C)N1CCC(N2CCC(O)CC2)CC1. The molecule has 0 spiro atoms. The number of rotatable bonds is 7. The quantitative estimate of drug-likeness (QED) is 0.361. The first kappa shape index (κ1) is 33.4. The minimum Gasteiger partial charge on any atom is -0.480 e. The van der Waals surface area contributed by atoms with Gasteiger partial charge in [0, 0.05) is 42.3 Å². The van der Waals surface area contributed by atoms with Crippen molar-refractivity contribution in [2.24, 2.45) is 20.9 Å². The van der Waals surface area contributed by atoms with Crippen LogP contribution in [0.15, 0.2) is 63.5 Å². The van der Waals surface area contributed by atoms with Crippen LogP contribution in [-0.4, -0.2) is 95.0 Å². The number of hydrogen-bond acceptors (Lipinski definition) is 8. The first-order valence-electron chi connectivity index (χ1n) is 16.8. The van der Waals surface area contributed by atoms with Gasteiger partial charge in [0.15, 0.2) is 0 Å². The van der Waals surface area contributed by atoms with Gasteiger partial charge in [-0.1, -0.05) is 47.5 Å². The van der Waals surface area contributed by atoms with Crippen LogP contribution in [0.2, 0.25) is 10.0 Å². The molecule has 1 N–H and O–H groups in total. The number of aliphatic hydroxyl groups is 1. The normalized spacial score (nSPS) is 29.3. The number of likely N-dealkylation sites (tertiary alicyclic amines) is 2. The number of piperidine rings is 2. The third-order valence-corrected chi connectivity index (χ3v) is 11.4. The lowest BCUT2D eigenvalue weighted by Gasteiger charge is -2.53. The Morgan fingerprint density at radius 1 is 0.913 bits per heavy atom. The molecule has 46 heavy (non-hydrogen) atoms. The minimum absolute atomic E-state index is 0.0209. The number of aliphatic imine (C=N–C) groups is 3. The highest BCUT2D eigenvalue weighted by molar-refractivity contribution is 6.30. The number of halogens is 2. The highest BCUT2D eigenvalue weighted by Gasteiger charge is 2.60. The van der Waals surface area contributed by atoms with E-state index in [9.17, 15) is 5.11 Å². The number of hydrogen-bond donors (Lipinski definition) is 1. The van der Waals surface area contributed by atoms with Gasteiger partial charge in [-0.25, -0.2) is 4.99 Å². The molecule has 2 aromatic carbocycles. The Hall–Kier alpha value is -2.49. The van der Waals surface area contributed by atoms with Gasteiger partial charge in [0.2, 0.25) is 5.90 Å². The summed E-state index contributed by atoms with van der Waals surface area (Å²) in [6.07, 6.45) is 3.83. The van der Waals surface area contributed by atoms with Crippen molar-refractivity contribution in [3.8, 4) is 0 Å². The summed E-state index contributed by atoms with van der Waals surface area (Å²) in [5.41, 5.74) is 0.924. The molecule has 4 unspecified atom stereocenters. The number of benzene rings is 2. The van der Waals surface area contributed by atoms with Crippen LogP contribution in [0.5, 0.6) is 0 Å². The van der Waals surface area contributed by atoms with Crippen molar-refractivity contribution in [1.29, 1.82) is 0 Å². The Morgan fingerprint density at radius 2 is 1.50 bits per heavy atom. The van der Waals surface area contributed by atoms with Crippen molar-refractivity contribution in [3.05, 3.63) is 69.7 Å². The summed E-state index contributed by atoms with van der Waals surface area (Å²) in [6.45, 7) is 15.8. The zero-order valence-electron chi connectivity index (χ0n) is 27.8. The van der Waals surface area contributed by atoms with Crippen molar-refractivity contribution < 1.29 is 9.84 Å². The molecule has 2 fully saturated rings. The average Bonchev–Trinajstić information content (AvgIpc) is 3.30. The monoisotopic (exact) mass is 666 g/mol. The van der Waals surface area contributed by atoms with Gasteiger partial charge >= 0.3 is 0 Å². The van der Waals surface area contributed by atoms with E-state index >= 15 is 0 Å². The largest absolute Gasteiger partial charge is 0.480 e. The number of nitrogens with zero attached hydrogens (tertiary/aromatic N) is 6. The summed E-state index contributed by atoms with van der Waals surface area (Å²) < 4.78 is 6.21. The van der Waals surface area contributed by atoms with Crippen LogP contribution < -0.4 is 0 Å². The molecule has 4 aliphatic heterocycles. The molecule has 248 valence electrons. The molecule has 0 aromatic heterocycles. The summed E-state index contributed by atoms with van der Waals surface area (Å²) in [5, 5.41) is 11.5. The fourth-order valence-corrected chi connectivity index (χ4v) is 8.32. The van der Waals surface area contributed by atoms with E-state index < -0.39 is 11.1 Å². The third kappa shape index (κ3) is 6.12. The molecule has 6 rings (SSSR count). The average molecular weight is 668 g/mol. The summed E-state index contributed by atoms with van der Waals surface area (Å²) in [7, 11) is 0. The zero-order chi connectivity index (χ0) is 32.6. The predicted molar refractivity (Wildman–Crippen MR) is 188 cm³/mol. The van der Waals surface area contributed by atoms with Gasteiger partial charge in [-0.2, -0.15) is 0 Å². The fourth-order valence-electron chi connectivity index (χ4n) is 8.07. The van der Waals surface area contributed by atoms with Crippen molar-refractivity contribution >= 4 is 40.8 Å². The molecule has 0 aliphatic carbocycles. The van der Waals surface area contributed by atoms with Crippen LogP contribution in [0.25, 0.3) is 0 Å². The topological polar surface area (TPSA) is 76.3 Å². The first-order valence-corrected chi connectivity index (χ1v) is 17.6. The van der Waals surface area contributed by atoms with E-state index in [1.165, 1.54) is 0 Å². The molecule has 4 atom stereocenters. The first-order chi connectivity index (χ1) is 22.0. The van der Waals surface area contributed by atoms with Gasteiger partial charge in [0.25, 0.3) is 0 Å². The standard InChI is InChI=1S/C36H48Cl2N6O2/c1-6-46-34-32(23-39-24(2)40-34)33-41-35(4,26-7-11-28(37)12-8-26)36(5,27-9-13-29(38)14-10-27)44(33)25(3)42-19-15-30(16-20-42)43-21-17-31(45)18-22-43/h7-14,25,30-32,45H,6,15-23H2,1-5H3. The van der Waals surface area contributed by atoms with Gasteiger partial charge in [0.1, 0.15) is 23.1 Å². The van der Waals surface area contributed by atoms with Crippen LogP contribution in [-0.2, 0) is 15.8 Å². The van der Waals surface area contributed by atoms with Crippen molar-refractivity contribution in [2.75, 3.05) is 39.3 Å². The summed E-state index contributed by atoms with van der Waals surface area (Å²) in [5.74, 6) is 2.13. The van der Waals surface area contributed by atoms with Crippen molar-refractivity contribution in [3.63, 3.8) is 0 Å². The molecule has 8 nitrogen and oxygen atoms in total. The molecule has 0 amide bonds. The smallest absolute Gasteiger partial charge is 0.202 e. The van der Waals surface area contributed by atoms with Crippen molar-refractivity contribution in [1.82, 2.24) is 14.7 Å². The summed E-state index contributed by atoms with van der Waals surface area (Å²) in [6, 6.07) is 16.9. The van der Waals surface area contributed by atoms with E-state index in [1.54, 1.807) is 0 Å². The summed E-state index contributed by atoms with van der Waals surface area (Å²) >= 11 is 12.9. The fraction of sp³-hybridized carbons (Fsp3) is 0.583. The molecule has 0 radical (unpaired) electrons. The Bertz CT molecular complexity index is 1460.